The Hall–Kier alpha value is -1.63. The van der Waals surface area contributed by atoms with Crippen LogP contribution in [0.1, 0.15) is 10.6 Å². The molecule has 0 saturated heterocycles. The molecule has 3 aromatic rings. The molecule has 0 aliphatic heterocycles. The van der Waals surface area contributed by atoms with E-state index < -0.39 is 0 Å². The number of rotatable bonds is 4. The van der Waals surface area contributed by atoms with Gasteiger partial charge < -0.3 is 4.90 Å². The van der Waals surface area contributed by atoms with Crippen molar-refractivity contribution in [2.24, 2.45) is 0 Å². The van der Waals surface area contributed by atoms with Crippen molar-refractivity contribution in [2.75, 3.05) is 7.05 Å². The minimum atomic E-state index is -0.0651. The van der Waals surface area contributed by atoms with Crippen LogP contribution in [0.3, 0.4) is 0 Å². The predicted molar refractivity (Wildman–Crippen MR) is 87.9 cm³/mol. The van der Waals surface area contributed by atoms with Gasteiger partial charge in [0, 0.05) is 29.6 Å². The lowest BCUT2D eigenvalue weighted by Crippen LogP contribution is -2.23. The maximum atomic E-state index is 12.1. The van der Waals surface area contributed by atoms with Crippen LogP contribution >= 0.6 is 34.3 Å². The molecule has 0 N–H and O–H groups in total. The monoisotopic (exact) mass is 337 g/mol. The number of halogens is 1. The van der Waals surface area contributed by atoms with Gasteiger partial charge in [-0.1, -0.05) is 17.7 Å². The lowest BCUT2D eigenvalue weighted by Gasteiger charge is -2.13. The van der Waals surface area contributed by atoms with E-state index in [1.54, 1.807) is 29.4 Å². The van der Waals surface area contributed by atoms with E-state index in [2.05, 4.69) is 4.98 Å². The van der Waals surface area contributed by atoms with Crippen molar-refractivity contribution >= 4 is 51.2 Å². The second kappa shape index (κ2) is 6.01. The van der Waals surface area contributed by atoms with Crippen LogP contribution in [0.25, 0.3) is 11.0 Å². The molecule has 3 rings (SSSR count). The number of fused-ring (bicyclic) bond motifs is 1. The molecule has 1 amide bonds. The molecule has 0 unspecified atom stereocenters. The number of amides is 1. The molecule has 3 heterocycles. The lowest BCUT2D eigenvalue weighted by molar-refractivity contribution is -0.125. The normalized spacial score (nSPS) is 11.5. The smallest absolute Gasteiger partial charge is 0.246 e. The van der Waals surface area contributed by atoms with Crippen LogP contribution in [0, 0.1) is 0 Å². The highest BCUT2D eigenvalue weighted by molar-refractivity contribution is 7.15. The number of thiophene rings is 1. The Kier molecular flexibility index (Phi) is 4.10. The molecule has 21 heavy (non-hydrogen) atoms. The van der Waals surface area contributed by atoms with E-state index in [0.717, 1.165) is 15.5 Å². The fourth-order valence-electron chi connectivity index (χ4n) is 1.92. The molecular formula is C14H12ClN3OS2. The van der Waals surface area contributed by atoms with Crippen LogP contribution in [0.2, 0.25) is 5.15 Å². The minimum absolute atomic E-state index is 0.0651. The van der Waals surface area contributed by atoms with Crippen molar-refractivity contribution in [1.82, 2.24) is 14.3 Å². The van der Waals surface area contributed by atoms with Gasteiger partial charge in [-0.25, -0.2) is 4.98 Å². The van der Waals surface area contributed by atoms with Gasteiger partial charge in [0.1, 0.15) is 0 Å². The largest absolute Gasteiger partial charge is 0.337 e. The van der Waals surface area contributed by atoms with Gasteiger partial charge in [0.05, 0.1) is 12.2 Å². The number of aromatic nitrogens is 2. The van der Waals surface area contributed by atoms with E-state index in [1.807, 2.05) is 33.5 Å². The van der Waals surface area contributed by atoms with Gasteiger partial charge in [0.25, 0.3) is 0 Å². The third-order valence-corrected chi connectivity index (χ3v) is 4.88. The molecule has 0 aliphatic carbocycles. The Labute approximate surface area is 134 Å². The van der Waals surface area contributed by atoms with E-state index >= 15 is 0 Å². The number of carbonyl (C=O) groups excluding carboxylic acids is 1. The van der Waals surface area contributed by atoms with Crippen LogP contribution in [-0.4, -0.2) is 27.2 Å². The van der Waals surface area contributed by atoms with Crippen LogP contribution < -0.4 is 0 Å². The van der Waals surface area contributed by atoms with Gasteiger partial charge in [0.15, 0.2) is 10.1 Å². The summed E-state index contributed by atoms with van der Waals surface area (Å²) in [6.45, 7) is 0.606. The maximum Gasteiger partial charge on any atom is 0.246 e. The van der Waals surface area contributed by atoms with Crippen molar-refractivity contribution in [3.63, 3.8) is 0 Å². The molecule has 7 heteroatoms. The number of hydrogen-bond acceptors (Lipinski definition) is 4. The van der Waals surface area contributed by atoms with Crippen LogP contribution in [0.4, 0.5) is 0 Å². The summed E-state index contributed by atoms with van der Waals surface area (Å²) in [7, 11) is 1.78. The van der Waals surface area contributed by atoms with Gasteiger partial charge >= 0.3 is 0 Å². The van der Waals surface area contributed by atoms with E-state index in [0.29, 0.717) is 11.7 Å². The summed E-state index contributed by atoms with van der Waals surface area (Å²) in [5.74, 6) is -0.0651. The summed E-state index contributed by atoms with van der Waals surface area (Å²) in [5, 5.41) is 4.34. The molecular weight excluding hydrogens is 326 g/mol. The molecule has 4 nitrogen and oxygen atoms in total. The Morgan fingerprint density at radius 2 is 2.33 bits per heavy atom. The molecule has 0 spiro atoms. The van der Waals surface area contributed by atoms with Gasteiger partial charge in [-0.05, 0) is 17.5 Å². The second-order valence-corrected chi connectivity index (χ2v) is 6.71. The molecule has 0 aliphatic rings. The fraction of sp³-hybridized carbons (Fsp3) is 0.143. The van der Waals surface area contributed by atoms with Crippen LogP contribution in [-0.2, 0) is 11.3 Å². The average molecular weight is 338 g/mol. The van der Waals surface area contributed by atoms with Crippen molar-refractivity contribution < 1.29 is 4.79 Å². The number of likely N-dealkylation sites (N-methyl/N-ethyl adjacent to an activating group) is 1. The quantitative estimate of drug-likeness (QED) is 0.679. The van der Waals surface area contributed by atoms with E-state index in [1.165, 1.54) is 17.4 Å². The SMILES string of the molecule is CN(Cc1cccs1)C(=O)/C=C/c1c(Cl)nc2sccn12. The molecule has 0 aromatic carbocycles. The molecule has 0 fully saturated rings. The lowest BCUT2D eigenvalue weighted by atomic mass is 10.3. The second-order valence-electron chi connectivity index (χ2n) is 4.45. The average Bonchev–Trinajstić information content (AvgIpc) is 3.14. The van der Waals surface area contributed by atoms with Gasteiger partial charge in [-0.15, -0.1) is 22.7 Å². The van der Waals surface area contributed by atoms with E-state index in [4.69, 9.17) is 11.6 Å². The highest BCUT2D eigenvalue weighted by Gasteiger charge is 2.10. The highest BCUT2D eigenvalue weighted by atomic mass is 35.5. The van der Waals surface area contributed by atoms with E-state index in [9.17, 15) is 4.79 Å². The summed E-state index contributed by atoms with van der Waals surface area (Å²) in [6.07, 6.45) is 5.13. The van der Waals surface area contributed by atoms with Gasteiger partial charge in [-0.3, -0.25) is 9.20 Å². The zero-order chi connectivity index (χ0) is 14.8. The maximum absolute atomic E-state index is 12.1. The zero-order valence-corrected chi connectivity index (χ0v) is 13.6. The summed E-state index contributed by atoms with van der Waals surface area (Å²) in [5.41, 5.74) is 0.728. The molecule has 0 atom stereocenters. The minimum Gasteiger partial charge on any atom is -0.337 e. The number of carbonyl (C=O) groups is 1. The first-order valence-electron chi connectivity index (χ1n) is 6.22. The predicted octanol–water partition coefficient (Wildman–Crippen LogP) is 3.78. The van der Waals surface area contributed by atoms with Crippen molar-refractivity contribution in [3.8, 4) is 0 Å². The summed E-state index contributed by atoms with van der Waals surface area (Å²) < 4.78 is 1.87. The third kappa shape index (κ3) is 3.02. The number of nitrogens with zero attached hydrogens (tertiary/aromatic N) is 3. The standard InChI is InChI=1S/C14H12ClN3OS2/c1-17(9-10-3-2-7-20-10)12(19)5-4-11-13(15)16-14-18(11)6-8-21-14/h2-8H,9H2,1H3/b5-4+. The summed E-state index contributed by atoms with van der Waals surface area (Å²) in [4.78, 5) is 20.0. The van der Waals surface area contributed by atoms with Crippen molar-refractivity contribution in [2.45, 2.75) is 6.54 Å². The Balaban J connectivity index is 1.74. The molecule has 0 bridgehead atoms. The Bertz CT molecular complexity index is 788. The third-order valence-electron chi connectivity index (χ3n) is 2.99. The first kappa shape index (κ1) is 14.3. The summed E-state index contributed by atoms with van der Waals surface area (Å²) >= 11 is 9.23. The van der Waals surface area contributed by atoms with Crippen LogP contribution in [0.15, 0.2) is 35.2 Å². The van der Waals surface area contributed by atoms with Crippen molar-refractivity contribution in [3.05, 3.63) is 50.9 Å². The van der Waals surface area contributed by atoms with Crippen molar-refractivity contribution in [1.29, 1.82) is 0 Å². The zero-order valence-electron chi connectivity index (χ0n) is 11.2. The number of thiazole rings is 1. The number of hydrogen-bond donors (Lipinski definition) is 0. The summed E-state index contributed by atoms with van der Waals surface area (Å²) in [6, 6.07) is 3.99. The van der Waals surface area contributed by atoms with Crippen LogP contribution in [0.5, 0.6) is 0 Å². The van der Waals surface area contributed by atoms with E-state index in [-0.39, 0.29) is 5.91 Å². The molecule has 108 valence electrons. The fourth-order valence-corrected chi connectivity index (χ4v) is 3.68. The molecule has 3 aromatic heterocycles. The van der Waals surface area contributed by atoms with Gasteiger partial charge in [-0.2, -0.15) is 0 Å². The molecule has 0 radical (unpaired) electrons. The Morgan fingerprint density at radius 3 is 3.10 bits per heavy atom. The first-order chi connectivity index (χ1) is 10.1. The topological polar surface area (TPSA) is 37.6 Å². The number of imidazole rings is 1. The first-order valence-corrected chi connectivity index (χ1v) is 8.35. The Morgan fingerprint density at radius 1 is 1.48 bits per heavy atom. The van der Waals surface area contributed by atoms with Gasteiger partial charge in [0.2, 0.25) is 5.91 Å². The molecule has 0 saturated carbocycles. The highest BCUT2D eigenvalue weighted by Crippen LogP contribution is 2.22.